The zero-order valence-electron chi connectivity index (χ0n) is 12.2. The minimum atomic E-state index is -0.996. The van der Waals surface area contributed by atoms with E-state index in [1.807, 2.05) is 13.8 Å². The molecule has 0 aromatic rings. The first-order valence-corrected chi connectivity index (χ1v) is 6.23. The topological polar surface area (TPSA) is 66.8 Å². The van der Waals surface area contributed by atoms with Crippen LogP contribution in [0.25, 0.3) is 0 Å². The molecule has 0 aromatic heterocycles. The van der Waals surface area contributed by atoms with E-state index in [1.54, 1.807) is 20.8 Å². The standard InChI is InChI=1S/C13H25NO4/c1-9(2)7-8-10(11(15)16)14(6)12(17)18-13(3,4)5/h9-10H,7-8H2,1-6H3,(H,15,16)/t10-/m0/s1. The van der Waals surface area contributed by atoms with Gasteiger partial charge in [-0.15, -0.1) is 0 Å². The fourth-order valence-corrected chi connectivity index (χ4v) is 1.44. The molecule has 1 amide bonds. The van der Waals surface area contributed by atoms with E-state index in [4.69, 9.17) is 9.84 Å². The molecule has 0 rings (SSSR count). The Hall–Kier alpha value is -1.26. The zero-order chi connectivity index (χ0) is 14.5. The number of carbonyl (C=O) groups excluding carboxylic acids is 1. The molecule has 1 N–H and O–H groups in total. The highest BCUT2D eigenvalue weighted by atomic mass is 16.6. The predicted octanol–water partition coefficient (Wildman–Crippen LogP) is 2.74. The van der Waals surface area contributed by atoms with Crippen LogP contribution in [-0.4, -0.2) is 40.8 Å². The van der Waals surface area contributed by atoms with Crippen LogP contribution < -0.4 is 0 Å². The van der Waals surface area contributed by atoms with E-state index in [1.165, 1.54) is 7.05 Å². The van der Waals surface area contributed by atoms with Gasteiger partial charge in [0, 0.05) is 7.05 Å². The lowest BCUT2D eigenvalue weighted by molar-refractivity contribution is -0.143. The smallest absolute Gasteiger partial charge is 0.410 e. The third kappa shape index (κ3) is 6.47. The third-order valence-corrected chi connectivity index (χ3v) is 2.45. The molecule has 0 radical (unpaired) electrons. The summed E-state index contributed by atoms with van der Waals surface area (Å²) in [6.45, 7) is 9.30. The van der Waals surface area contributed by atoms with E-state index in [9.17, 15) is 9.59 Å². The van der Waals surface area contributed by atoms with Crippen LogP contribution in [0.4, 0.5) is 4.79 Å². The van der Waals surface area contributed by atoms with Gasteiger partial charge in [-0.05, 0) is 39.5 Å². The van der Waals surface area contributed by atoms with Crippen LogP contribution >= 0.6 is 0 Å². The van der Waals surface area contributed by atoms with Gasteiger partial charge in [0.25, 0.3) is 0 Å². The van der Waals surface area contributed by atoms with E-state index in [2.05, 4.69) is 0 Å². The first-order chi connectivity index (χ1) is 8.04. The number of ether oxygens (including phenoxy) is 1. The Balaban J connectivity index is 4.61. The van der Waals surface area contributed by atoms with Gasteiger partial charge in [-0.3, -0.25) is 4.90 Å². The van der Waals surface area contributed by atoms with Crippen LogP contribution in [0.2, 0.25) is 0 Å². The Bertz CT molecular complexity index is 294. The fourth-order valence-electron chi connectivity index (χ4n) is 1.44. The highest BCUT2D eigenvalue weighted by molar-refractivity contribution is 5.79. The molecule has 0 spiro atoms. The minimum absolute atomic E-state index is 0.402. The summed E-state index contributed by atoms with van der Waals surface area (Å²) >= 11 is 0. The quantitative estimate of drug-likeness (QED) is 0.824. The number of rotatable bonds is 5. The number of carboxylic acid groups (broad SMARTS) is 1. The van der Waals surface area contributed by atoms with Crippen molar-refractivity contribution in [3.8, 4) is 0 Å². The average Bonchev–Trinajstić information content (AvgIpc) is 2.13. The summed E-state index contributed by atoms with van der Waals surface area (Å²) in [6, 6.07) is -0.831. The van der Waals surface area contributed by atoms with Crippen molar-refractivity contribution < 1.29 is 19.4 Å². The molecular formula is C13H25NO4. The molecule has 0 saturated carbocycles. The summed E-state index contributed by atoms with van der Waals surface area (Å²) in [5.41, 5.74) is -0.619. The monoisotopic (exact) mass is 259 g/mol. The van der Waals surface area contributed by atoms with Gasteiger partial charge in [0.05, 0.1) is 0 Å². The highest BCUT2D eigenvalue weighted by Gasteiger charge is 2.29. The first kappa shape index (κ1) is 16.7. The van der Waals surface area contributed by atoms with Crippen molar-refractivity contribution in [3.63, 3.8) is 0 Å². The molecule has 0 heterocycles. The van der Waals surface area contributed by atoms with Crippen molar-refractivity contribution in [1.82, 2.24) is 4.90 Å². The maximum Gasteiger partial charge on any atom is 0.410 e. The molecule has 0 aliphatic rings. The zero-order valence-corrected chi connectivity index (χ0v) is 12.2. The lowest BCUT2D eigenvalue weighted by Gasteiger charge is -2.28. The van der Waals surface area contributed by atoms with Gasteiger partial charge in [-0.1, -0.05) is 13.8 Å². The number of likely N-dealkylation sites (N-methyl/N-ethyl adjacent to an activating group) is 1. The molecule has 0 aliphatic carbocycles. The summed E-state index contributed by atoms with van der Waals surface area (Å²) in [5, 5.41) is 9.15. The average molecular weight is 259 g/mol. The number of hydrogen-bond acceptors (Lipinski definition) is 3. The van der Waals surface area contributed by atoms with Crippen molar-refractivity contribution in [2.24, 2.45) is 5.92 Å². The highest BCUT2D eigenvalue weighted by Crippen LogP contribution is 2.15. The van der Waals surface area contributed by atoms with Crippen LogP contribution in [0, 0.1) is 5.92 Å². The van der Waals surface area contributed by atoms with Gasteiger partial charge in [0.2, 0.25) is 0 Å². The van der Waals surface area contributed by atoms with E-state index < -0.39 is 23.7 Å². The lowest BCUT2D eigenvalue weighted by Crippen LogP contribution is -2.44. The number of hydrogen-bond donors (Lipinski definition) is 1. The summed E-state index contributed by atoms with van der Waals surface area (Å²) in [6.07, 6.45) is 0.589. The Morgan fingerprint density at radius 2 is 1.72 bits per heavy atom. The normalized spacial score (nSPS) is 13.3. The van der Waals surface area contributed by atoms with Crippen molar-refractivity contribution in [3.05, 3.63) is 0 Å². The van der Waals surface area contributed by atoms with Crippen molar-refractivity contribution in [1.29, 1.82) is 0 Å². The molecular weight excluding hydrogens is 234 g/mol. The molecule has 0 saturated heterocycles. The van der Waals surface area contributed by atoms with Gasteiger partial charge in [0.15, 0.2) is 0 Å². The van der Waals surface area contributed by atoms with E-state index in [0.717, 1.165) is 11.3 Å². The van der Waals surface area contributed by atoms with Crippen molar-refractivity contribution in [2.45, 2.75) is 59.1 Å². The molecule has 18 heavy (non-hydrogen) atoms. The third-order valence-electron chi connectivity index (χ3n) is 2.45. The Morgan fingerprint density at radius 1 is 1.22 bits per heavy atom. The maximum absolute atomic E-state index is 11.8. The van der Waals surface area contributed by atoms with E-state index in [0.29, 0.717) is 12.3 Å². The number of carbonyl (C=O) groups is 2. The molecule has 0 aromatic carbocycles. The van der Waals surface area contributed by atoms with Crippen molar-refractivity contribution >= 4 is 12.1 Å². The van der Waals surface area contributed by atoms with Gasteiger partial charge in [-0.2, -0.15) is 0 Å². The van der Waals surface area contributed by atoms with E-state index >= 15 is 0 Å². The number of aliphatic carboxylic acids is 1. The van der Waals surface area contributed by atoms with Crippen LogP contribution in [0.1, 0.15) is 47.5 Å². The summed E-state index contributed by atoms with van der Waals surface area (Å²) in [5.74, 6) is -0.595. The molecule has 0 aliphatic heterocycles. The SMILES string of the molecule is CC(C)CC[C@@H](C(=O)O)N(C)C(=O)OC(C)(C)C. The van der Waals surface area contributed by atoms with Crippen LogP contribution in [0.15, 0.2) is 0 Å². The largest absolute Gasteiger partial charge is 0.480 e. The van der Waals surface area contributed by atoms with Crippen LogP contribution in [0.5, 0.6) is 0 Å². The molecule has 0 unspecified atom stereocenters. The van der Waals surface area contributed by atoms with Gasteiger partial charge in [-0.25, -0.2) is 9.59 Å². The lowest BCUT2D eigenvalue weighted by atomic mass is 10.0. The van der Waals surface area contributed by atoms with Gasteiger partial charge >= 0.3 is 12.1 Å². The Labute approximate surface area is 109 Å². The second kappa shape index (κ2) is 6.61. The van der Waals surface area contributed by atoms with Gasteiger partial charge < -0.3 is 9.84 Å². The van der Waals surface area contributed by atoms with Crippen molar-refractivity contribution in [2.75, 3.05) is 7.05 Å². The Kier molecular flexibility index (Phi) is 6.15. The maximum atomic E-state index is 11.8. The first-order valence-electron chi connectivity index (χ1n) is 6.23. The Morgan fingerprint density at radius 3 is 2.06 bits per heavy atom. The number of nitrogens with zero attached hydrogens (tertiary/aromatic N) is 1. The van der Waals surface area contributed by atoms with Crippen LogP contribution in [0.3, 0.4) is 0 Å². The van der Waals surface area contributed by atoms with Gasteiger partial charge in [0.1, 0.15) is 11.6 Å². The second-order valence-corrected chi connectivity index (χ2v) is 5.92. The molecule has 5 nitrogen and oxygen atoms in total. The van der Waals surface area contributed by atoms with Crippen LogP contribution in [-0.2, 0) is 9.53 Å². The molecule has 1 atom stereocenters. The molecule has 0 bridgehead atoms. The predicted molar refractivity (Wildman–Crippen MR) is 69.5 cm³/mol. The minimum Gasteiger partial charge on any atom is -0.480 e. The summed E-state index contributed by atoms with van der Waals surface area (Å²) in [7, 11) is 1.47. The summed E-state index contributed by atoms with van der Waals surface area (Å²) in [4.78, 5) is 24.1. The molecule has 106 valence electrons. The second-order valence-electron chi connectivity index (χ2n) is 5.92. The molecule has 0 fully saturated rings. The molecule has 5 heteroatoms. The number of carboxylic acids is 1. The van der Waals surface area contributed by atoms with E-state index in [-0.39, 0.29) is 0 Å². The summed E-state index contributed by atoms with van der Waals surface area (Å²) < 4.78 is 5.16. The number of amides is 1. The fraction of sp³-hybridized carbons (Fsp3) is 0.846.